The molecule has 0 spiro atoms. The summed E-state index contributed by atoms with van der Waals surface area (Å²) in [6.45, 7) is 8.81. The Morgan fingerprint density at radius 1 is 1.17 bits per heavy atom. The first-order valence-electron chi connectivity index (χ1n) is 11.4. The molecule has 4 nitrogen and oxygen atoms in total. The Labute approximate surface area is 175 Å². The van der Waals surface area contributed by atoms with Gasteiger partial charge in [0.15, 0.2) is 0 Å². The van der Waals surface area contributed by atoms with Gasteiger partial charge in [-0.05, 0) is 68.9 Å². The summed E-state index contributed by atoms with van der Waals surface area (Å²) in [4.78, 5) is 12.6. The standard InChI is InChI=1S/C25H35N3O/c1-16(2)11-19-13-21(14-19)25-27-26-24(28(25)22-7-8-22)10-9-23(29)15-20-6-5-17(3)12-18(20)4/h5-6,12,16,19,21-22H,7-11,13-15H2,1-4H3. The molecule has 2 fully saturated rings. The molecule has 0 N–H and O–H groups in total. The first-order valence-corrected chi connectivity index (χ1v) is 11.4. The third-order valence-electron chi connectivity index (χ3n) is 6.62. The summed E-state index contributed by atoms with van der Waals surface area (Å²) in [5.74, 6) is 4.73. The summed E-state index contributed by atoms with van der Waals surface area (Å²) < 4.78 is 2.40. The van der Waals surface area contributed by atoms with Gasteiger partial charge in [0, 0.05) is 31.2 Å². The number of benzene rings is 1. The first kappa shape index (κ1) is 20.3. The lowest BCUT2D eigenvalue weighted by molar-refractivity contribution is -0.118. The molecule has 2 saturated carbocycles. The van der Waals surface area contributed by atoms with Gasteiger partial charge in [-0.3, -0.25) is 4.79 Å². The number of ketones is 1. The molecule has 0 bridgehead atoms. The van der Waals surface area contributed by atoms with Crippen LogP contribution in [0.15, 0.2) is 18.2 Å². The Kier molecular flexibility index (Phi) is 5.89. The smallest absolute Gasteiger partial charge is 0.137 e. The van der Waals surface area contributed by atoms with Crippen LogP contribution in [0.2, 0.25) is 0 Å². The van der Waals surface area contributed by atoms with Crippen molar-refractivity contribution < 1.29 is 4.79 Å². The molecule has 1 heterocycles. The molecule has 2 aliphatic rings. The predicted molar refractivity (Wildman–Crippen MR) is 116 cm³/mol. The van der Waals surface area contributed by atoms with Crippen molar-refractivity contribution in [1.82, 2.24) is 14.8 Å². The van der Waals surface area contributed by atoms with E-state index in [0.717, 1.165) is 29.6 Å². The number of carbonyl (C=O) groups is 1. The lowest BCUT2D eigenvalue weighted by atomic mass is 9.71. The fourth-order valence-corrected chi connectivity index (χ4v) is 4.92. The second-order valence-corrected chi connectivity index (χ2v) is 9.88. The zero-order valence-electron chi connectivity index (χ0n) is 18.4. The minimum Gasteiger partial charge on any atom is -0.312 e. The van der Waals surface area contributed by atoms with Gasteiger partial charge in [0.25, 0.3) is 0 Å². The highest BCUT2D eigenvalue weighted by Gasteiger charge is 2.38. The second-order valence-electron chi connectivity index (χ2n) is 9.88. The van der Waals surface area contributed by atoms with Crippen LogP contribution in [0.4, 0.5) is 0 Å². The van der Waals surface area contributed by atoms with Gasteiger partial charge in [-0.2, -0.15) is 0 Å². The average molecular weight is 394 g/mol. The van der Waals surface area contributed by atoms with Gasteiger partial charge in [0.1, 0.15) is 17.4 Å². The van der Waals surface area contributed by atoms with E-state index < -0.39 is 0 Å². The van der Waals surface area contributed by atoms with Crippen LogP contribution in [0.1, 0.15) is 92.7 Å². The molecule has 29 heavy (non-hydrogen) atoms. The zero-order valence-corrected chi connectivity index (χ0v) is 18.4. The Balaban J connectivity index is 1.37. The second kappa shape index (κ2) is 8.41. The molecule has 0 radical (unpaired) electrons. The van der Waals surface area contributed by atoms with Crippen LogP contribution in [0, 0.1) is 25.7 Å². The van der Waals surface area contributed by atoms with Crippen LogP contribution in [0.3, 0.4) is 0 Å². The van der Waals surface area contributed by atoms with Gasteiger partial charge in [0.2, 0.25) is 0 Å². The summed E-state index contributed by atoms with van der Waals surface area (Å²) in [6, 6.07) is 6.92. The monoisotopic (exact) mass is 393 g/mol. The molecule has 0 saturated heterocycles. The lowest BCUT2D eigenvalue weighted by Gasteiger charge is -2.36. The third-order valence-corrected chi connectivity index (χ3v) is 6.62. The van der Waals surface area contributed by atoms with Crippen molar-refractivity contribution in [3.8, 4) is 0 Å². The average Bonchev–Trinajstić information content (AvgIpc) is 3.38. The maximum absolute atomic E-state index is 12.6. The Hall–Kier alpha value is -1.97. The Bertz CT molecular complexity index is 872. The molecule has 0 atom stereocenters. The molecular formula is C25H35N3O. The Morgan fingerprint density at radius 3 is 2.59 bits per heavy atom. The fourth-order valence-electron chi connectivity index (χ4n) is 4.92. The van der Waals surface area contributed by atoms with Crippen LogP contribution in [0.25, 0.3) is 0 Å². The van der Waals surface area contributed by atoms with E-state index >= 15 is 0 Å². The van der Waals surface area contributed by atoms with Gasteiger partial charge in [0.05, 0.1) is 0 Å². The summed E-state index contributed by atoms with van der Waals surface area (Å²) in [5.41, 5.74) is 3.61. The van der Waals surface area contributed by atoms with Gasteiger partial charge >= 0.3 is 0 Å². The number of rotatable bonds is 9. The van der Waals surface area contributed by atoms with E-state index in [1.54, 1.807) is 0 Å². The molecule has 1 aromatic heterocycles. The molecular weight excluding hydrogens is 358 g/mol. The number of hydrogen-bond donors (Lipinski definition) is 0. The first-order chi connectivity index (χ1) is 13.9. The predicted octanol–water partition coefficient (Wildman–Crippen LogP) is 5.51. The highest BCUT2D eigenvalue weighted by Crippen LogP contribution is 2.47. The van der Waals surface area contributed by atoms with E-state index in [1.165, 1.54) is 49.1 Å². The van der Waals surface area contributed by atoms with Crippen molar-refractivity contribution >= 4 is 5.78 Å². The quantitative estimate of drug-likeness (QED) is 0.564. The highest BCUT2D eigenvalue weighted by molar-refractivity contribution is 5.81. The van der Waals surface area contributed by atoms with E-state index in [0.29, 0.717) is 30.6 Å². The van der Waals surface area contributed by atoms with Crippen molar-refractivity contribution in [3.63, 3.8) is 0 Å². The van der Waals surface area contributed by atoms with Crippen molar-refractivity contribution in [3.05, 3.63) is 46.5 Å². The zero-order chi connectivity index (χ0) is 20.5. The van der Waals surface area contributed by atoms with Gasteiger partial charge in [-0.15, -0.1) is 10.2 Å². The molecule has 0 unspecified atom stereocenters. The summed E-state index contributed by atoms with van der Waals surface area (Å²) in [7, 11) is 0. The fraction of sp³-hybridized carbons (Fsp3) is 0.640. The van der Waals surface area contributed by atoms with Crippen molar-refractivity contribution in [2.24, 2.45) is 11.8 Å². The van der Waals surface area contributed by atoms with Crippen LogP contribution in [-0.4, -0.2) is 20.5 Å². The van der Waals surface area contributed by atoms with E-state index in [4.69, 9.17) is 0 Å². The molecule has 156 valence electrons. The lowest BCUT2D eigenvalue weighted by Crippen LogP contribution is -2.26. The summed E-state index contributed by atoms with van der Waals surface area (Å²) in [5, 5.41) is 9.14. The number of aromatic nitrogens is 3. The summed E-state index contributed by atoms with van der Waals surface area (Å²) >= 11 is 0. The van der Waals surface area contributed by atoms with Gasteiger partial charge < -0.3 is 4.57 Å². The van der Waals surface area contributed by atoms with Gasteiger partial charge in [-0.1, -0.05) is 37.6 Å². The molecule has 4 rings (SSSR count). The van der Waals surface area contributed by atoms with Gasteiger partial charge in [-0.25, -0.2) is 0 Å². The number of nitrogens with zero attached hydrogens (tertiary/aromatic N) is 3. The molecule has 1 aromatic carbocycles. The number of Topliss-reactive ketones (excluding diaryl/α,β-unsaturated/α-hetero) is 1. The molecule has 0 aliphatic heterocycles. The van der Waals surface area contributed by atoms with Crippen molar-refractivity contribution in [2.45, 2.75) is 91.0 Å². The highest BCUT2D eigenvalue weighted by atomic mass is 16.1. The van der Waals surface area contributed by atoms with E-state index in [9.17, 15) is 4.79 Å². The number of carbonyl (C=O) groups excluding carboxylic acids is 1. The van der Waals surface area contributed by atoms with Crippen molar-refractivity contribution in [2.75, 3.05) is 0 Å². The number of aryl methyl sites for hydroxylation is 3. The molecule has 2 aromatic rings. The van der Waals surface area contributed by atoms with Crippen LogP contribution in [0.5, 0.6) is 0 Å². The summed E-state index contributed by atoms with van der Waals surface area (Å²) in [6.07, 6.45) is 8.11. The normalized spacial score (nSPS) is 21.4. The Morgan fingerprint density at radius 2 is 1.93 bits per heavy atom. The molecule has 0 amide bonds. The van der Waals surface area contributed by atoms with Crippen LogP contribution >= 0.6 is 0 Å². The minimum atomic E-state index is 0.296. The third kappa shape index (κ3) is 4.79. The van der Waals surface area contributed by atoms with E-state index in [1.807, 2.05) is 0 Å². The minimum absolute atomic E-state index is 0.296. The van der Waals surface area contributed by atoms with Crippen LogP contribution < -0.4 is 0 Å². The van der Waals surface area contributed by atoms with Crippen molar-refractivity contribution in [1.29, 1.82) is 0 Å². The maximum atomic E-state index is 12.6. The molecule has 4 heteroatoms. The SMILES string of the molecule is Cc1ccc(CC(=O)CCc2nnc(C3CC(CC(C)C)C3)n2C2CC2)c(C)c1. The van der Waals surface area contributed by atoms with E-state index in [2.05, 4.69) is 60.7 Å². The maximum Gasteiger partial charge on any atom is 0.137 e. The number of hydrogen-bond acceptors (Lipinski definition) is 3. The largest absolute Gasteiger partial charge is 0.312 e. The topological polar surface area (TPSA) is 47.8 Å². The van der Waals surface area contributed by atoms with Crippen LogP contribution in [-0.2, 0) is 17.6 Å². The van der Waals surface area contributed by atoms with E-state index in [-0.39, 0.29) is 0 Å². The molecule has 2 aliphatic carbocycles.